The van der Waals surface area contributed by atoms with Gasteiger partial charge in [0, 0.05) is 22.5 Å². The number of benzene rings is 6. The molecule has 0 fully saturated rings. The molecule has 7 aromatic rings. The van der Waals surface area contributed by atoms with Gasteiger partial charge in [-0.15, -0.1) is 13.2 Å². The number of halogens is 3. The zero-order valence-electron chi connectivity index (χ0n) is 33.2. The topological polar surface area (TPSA) is 192 Å². The highest BCUT2D eigenvalue weighted by molar-refractivity contribution is 6.09. The third-order valence-electron chi connectivity index (χ3n) is 9.48. The van der Waals surface area contributed by atoms with Gasteiger partial charge in [-0.05, 0) is 77.7 Å². The number of hydrogen-bond acceptors (Lipinski definition) is 9. The molecule has 6 N–H and O–H groups in total. The average molecular weight is 858 g/mol. The highest BCUT2D eigenvalue weighted by Crippen LogP contribution is 2.30. The normalized spacial score (nSPS) is 11.8. The average Bonchev–Trinajstić information content (AvgIpc) is 3.69. The first-order chi connectivity index (χ1) is 30.3. The highest BCUT2D eigenvalue weighted by atomic mass is 19.4. The predicted molar refractivity (Wildman–Crippen MR) is 225 cm³/mol. The molecule has 320 valence electrons. The van der Waals surface area contributed by atoms with Gasteiger partial charge in [0.2, 0.25) is 0 Å². The lowest BCUT2D eigenvalue weighted by Gasteiger charge is -2.17. The van der Waals surface area contributed by atoms with Crippen LogP contribution in [0.3, 0.4) is 0 Å². The summed E-state index contributed by atoms with van der Waals surface area (Å²) in [6.45, 7) is 1.68. The first-order valence-electron chi connectivity index (χ1n) is 19.0. The van der Waals surface area contributed by atoms with Crippen molar-refractivity contribution in [2.75, 3.05) is 10.6 Å². The van der Waals surface area contributed by atoms with Crippen LogP contribution in [0, 0.1) is 6.92 Å². The van der Waals surface area contributed by atoms with Crippen LogP contribution in [0.1, 0.15) is 60.6 Å². The molecule has 2 atom stereocenters. The Morgan fingerprint density at radius 1 is 0.587 bits per heavy atom. The summed E-state index contributed by atoms with van der Waals surface area (Å²) in [5.74, 6) is -3.60. The van der Waals surface area contributed by atoms with Crippen molar-refractivity contribution < 1.29 is 52.0 Å². The Balaban J connectivity index is 0.000000210. The SMILES string of the molecule is Cc1onc(-c2ccccc2)c1C(=O)Nc1cccc(C(C(=O)NO)c2ccccc2)c1.O=C(Nc1ccc(C(C(=O)NO)c2ccccc2)cc1)c1ccc(OC(F)(F)F)cc1. The molecule has 4 amide bonds. The van der Waals surface area contributed by atoms with Gasteiger partial charge in [0.15, 0.2) is 0 Å². The summed E-state index contributed by atoms with van der Waals surface area (Å²) in [5.41, 5.74) is 8.60. The van der Waals surface area contributed by atoms with Gasteiger partial charge >= 0.3 is 6.36 Å². The van der Waals surface area contributed by atoms with E-state index in [0.29, 0.717) is 50.6 Å². The number of nitrogens with one attached hydrogen (secondary N) is 4. The van der Waals surface area contributed by atoms with Crippen molar-refractivity contribution in [1.82, 2.24) is 16.1 Å². The first-order valence-corrected chi connectivity index (χ1v) is 19.0. The van der Waals surface area contributed by atoms with Gasteiger partial charge in [0.1, 0.15) is 22.8 Å². The number of carbonyl (C=O) groups excluding carboxylic acids is 4. The monoisotopic (exact) mass is 857 g/mol. The van der Waals surface area contributed by atoms with Crippen LogP contribution in [0.4, 0.5) is 24.5 Å². The number of aromatic nitrogens is 1. The van der Waals surface area contributed by atoms with Crippen LogP contribution in [-0.2, 0) is 9.59 Å². The van der Waals surface area contributed by atoms with Gasteiger partial charge in [0.05, 0.1) is 11.8 Å². The van der Waals surface area contributed by atoms with Gasteiger partial charge in [-0.3, -0.25) is 29.6 Å². The van der Waals surface area contributed by atoms with Crippen molar-refractivity contribution in [3.05, 3.63) is 203 Å². The number of rotatable bonds is 12. The van der Waals surface area contributed by atoms with Crippen LogP contribution >= 0.6 is 0 Å². The summed E-state index contributed by atoms with van der Waals surface area (Å²) >= 11 is 0. The Morgan fingerprint density at radius 2 is 1.08 bits per heavy atom. The minimum Gasteiger partial charge on any atom is -0.406 e. The number of nitrogens with zero attached hydrogens (tertiary/aromatic N) is 1. The number of amides is 4. The smallest absolute Gasteiger partial charge is 0.406 e. The number of hydrogen-bond donors (Lipinski definition) is 6. The maximum absolute atomic E-state index is 13.1. The van der Waals surface area contributed by atoms with E-state index in [4.69, 9.17) is 9.73 Å². The lowest BCUT2D eigenvalue weighted by atomic mass is 9.90. The van der Waals surface area contributed by atoms with E-state index in [-0.39, 0.29) is 11.5 Å². The zero-order chi connectivity index (χ0) is 44.9. The number of carbonyl (C=O) groups is 4. The molecule has 6 aromatic carbocycles. The molecule has 2 unspecified atom stereocenters. The van der Waals surface area contributed by atoms with Crippen molar-refractivity contribution in [1.29, 1.82) is 0 Å². The molecule has 0 aliphatic rings. The number of hydroxylamine groups is 2. The Labute approximate surface area is 358 Å². The first kappa shape index (κ1) is 44.5. The maximum atomic E-state index is 13.1. The summed E-state index contributed by atoms with van der Waals surface area (Å²) in [7, 11) is 0. The van der Waals surface area contributed by atoms with Crippen LogP contribution in [0.5, 0.6) is 5.75 Å². The molecule has 63 heavy (non-hydrogen) atoms. The number of anilines is 2. The Kier molecular flexibility index (Phi) is 14.4. The quantitative estimate of drug-likeness (QED) is 0.0514. The lowest BCUT2D eigenvalue weighted by Crippen LogP contribution is -2.27. The summed E-state index contributed by atoms with van der Waals surface area (Å²) in [4.78, 5) is 50.0. The largest absolute Gasteiger partial charge is 0.573 e. The fourth-order valence-corrected chi connectivity index (χ4v) is 6.60. The van der Waals surface area contributed by atoms with Crippen molar-refractivity contribution in [2.45, 2.75) is 25.1 Å². The van der Waals surface area contributed by atoms with E-state index in [2.05, 4.69) is 20.5 Å². The maximum Gasteiger partial charge on any atom is 0.573 e. The molecule has 0 saturated heterocycles. The van der Waals surface area contributed by atoms with Gasteiger partial charge in [-0.25, -0.2) is 11.0 Å². The van der Waals surface area contributed by atoms with Gasteiger partial charge in [-0.2, -0.15) is 0 Å². The second-order valence-corrected chi connectivity index (χ2v) is 13.7. The molecule has 1 aromatic heterocycles. The zero-order valence-corrected chi connectivity index (χ0v) is 33.2. The van der Waals surface area contributed by atoms with E-state index in [0.717, 1.165) is 17.7 Å². The molecule has 0 radical (unpaired) electrons. The van der Waals surface area contributed by atoms with E-state index in [9.17, 15) is 37.6 Å². The molecule has 0 aliphatic carbocycles. The van der Waals surface area contributed by atoms with Gasteiger partial charge < -0.3 is 19.9 Å². The van der Waals surface area contributed by atoms with Crippen molar-refractivity contribution in [3.63, 3.8) is 0 Å². The molecule has 13 nitrogen and oxygen atoms in total. The molecule has 0 bridgehead atoms. The Morgan fingerprint density at radius 3 is 1.62 bits per heavy atom. The van der Waals surface area contributed by atoms with Gasteiger partial charge in [0.25, 0.3) is 23.6 Å². The third kappa shape index (κ3) is 11.6. The summed E-state index contributed by atoms with van der Waals surface area (Å²) < 4.78 is 45.7. The standard InChI is InChI=1S/C25H21N3O4.C22H17F3N2O4/c1-16-21(23(28-32-16)18-11-6-3-7-12-18)24(29)26-20-14-8-13-19(15-20)22(25(30)27-31)17-9-4-2-5-10-17;23-22(24,25)31-18-12-8-16(9-13-18)20(28)26-17-10-6-15(7-11-17)19(21(29)27-30)14-4-2-1-3-5-14/h2-15,22,31H,1H3,(H,26,29)(H,27,30);1-13,19,30H,(H,26,28)(H,27,29). The van der Waals surface area contributed by atoms with E-state index in [1.54, 1.807) is 109 Å². The second kappa shape index (κ2) is 20.5. The molecule has 0 saturated carbocycles. The van der Waals surface area contributed by atoms with Crippen molar-refractivity contribution in [3.8, 4) is 17.0 Å². The van der Waals surface area contributed by atoms with Crippen LogP contribution in [0.2, 0.25) is 0 Å². The van der Waals surface area contributed by atoms with E-state index in [1.165, 1.54) is 12.1 Å². The van der Waals surface area contributed by atoms with Gasteiger partial charge in [-0.1, -0.05) is 120 Å². The fraction of sp³-hybridized carbons (Fsp3) is 0.0851. The molecule has 0 spiro atoms. The summed E-state index contributed by atoms with van der Waals surface area (Å²) in [6, 6.07) is 45.1. The van der Waals surface area contributed by atoms with E-state index >= 15 is 0 Å². The second-order valence-electron chi connectivity index (χ2n) is 13.7. The number of ether oxygens (including phenoxy) is 1. The third-order valence-corrected chi connectivity index (χ3v) is 9.48. The van der Waals surface area contributed by atoms with Crippen molar-refractivity contribution in [2.24, 2.45) is 0 Å². The molecule has 16 heteroatoms. The predicted octanol–water partition coefficient (Wildman–Crippen LogP) is 9.01. The van der Waals surface area contributed by atoms with E-state index < -0.39 is 41.7 Å². The Hall–Kier alpha value is -8.08. The highest BCUT2D eigenvalue weighted by Gasteiger charge is 2.31. The minimum atomic E-state index is -4.81. The van der Waals surface area contributed by atoms with Crippen molar-refractivity contribution >= 4 is 35.0 Å². The number of aryl methyl sites for hydroxylation is 1. The van der Waals surface area contributed by atoms with Crippen LogP contribution in [0.25, 0.3) is 11.3 Å². The molecular formula is C47H38F3N5O8. The fourth-order valence-electron chi connectivity index (χ4n) is 6.60. The van der Waals surface area contributed by atoms with E-state index in [1.807, 2.05) is 48.5 Å². The van der Waals surface area contributed by atoms with Crippen LogP contribution in [-0.4, -0.2) is 45.6 Å². The molecule has 0 aliphatic heterocycles. The number of alkyl halides is 3. The van der Waals surface area contributed by atoms with Crippen LogP contribution < -0.4 is 26.3 Å². The Bertz CT molecular complexity index is 2650. The molecule has 1 heterocycles. The van der Waals surface area contributed by atoms with Crippen LogP contribution in [0.15, 0.2) is 168 Å². The summed E-state index contributed by atoms with van der Waals surface area (Å²) in [6.07, 6.45) is -4.81. The summed E-state index contributed by atoms with van der Waals surface area (Å²) in [5, 5.41) is 27.9. The molecule has 7 rings (SSSR count). The lowest BCUT2D eigenvalue weighted by molar-refractivity contribution is -0.274. The minimum absolute atomic E-state index is 0.139. The molecular weight excluding hydrogens is 820 g/mol.